The molecule has 0 aliphatic heterocycles. The largest absolute Gasteiger partial charge is 1.00 e. The maximum atomic E-state index is 11.9. The third-order valence-corrected chi connectivity index (χ3v) is 5.76. The Morgan fingerprint density at radius 2 is 1.58 bits per heavy atom. The summed E-state index contributed by atoms with van der Waals surface area (Å²) in [7, 11) is -3.33. The SMILES string of the molecule is COc1cc([N+](=O)[O-])ccc1-[n+]1nc(-c2ccccc2S(=O)(=O)O)nn1-c1ccc([N+](=O)[O-])cc1.[Na+]. The Hall–Kier alpha value is -3.76. The summed E-state index contributed by atoms with van der Waals surface area (Å²) in [5, 5.41) is 30.9. The van der Waals surface area contributed by atoms with Gasteiger partial charge in [0.25, 0.3) is 21.5 Å². The molecule has 0 amide bonds. The van der Waals surface area contributed by atoms with Crippen LogP contribution < -0.4 is 39.1 Å². The van der Waals surface area contributed by atoms with Crippen LogP contribution >= 0.6 is 0 Å². The average molecular weight is 522 g/mol. The third-order valence-electron chi connectivity index (χ3n) is 4.85. The Bertz CT molecular complexity index is 1570. The molecule has 3 aromatic carbocycles. The van der Waals surface area contributed by atoms with Gasteiger partial charge in [0.05, 0.1) is 33.7 Å². The van der Waals surface area contributed by atoms with Crippen LogP contribution in [0.5, 0.6) is 5.75 Å². The summed E-state index contributed by atoms with van der Waals surface area (Å²) in [4.78, 5) is 23.0. The second-order valence-electron chi connectivity index (χ2n) is 6.96. The number of rotatable bonds is 7. The Morgan fingerprint density at radius 1 is 0.972 bits per heavy atom. The van der Waals surface area contributed by atoms with Crippen LogP contribution in [0.1, 0.15) is 0 Å². The fourth-order valence-electron chi connectivity index (χ4n) is 3.24. The Balaban J connectivity index is 0.00000361. The number of nitro benzene ring substituents is 2. The molecule has 16 heteroatoms. The van der Waals surface area contributed by atoms with Crippen molar-refractivity contribution in [3.05, 3.63) is 87.0 Å². The number of nitro groups is 2. The number of methoxy groups -OCH3 is 1. The van der Waals surface area contributed by atoms with Gasteiger partial charge < -0.3 is 4.74 Å². The Labute approximate surface area is 225 Å². The summed E-state index contributed by atoms with van der Waals surface area (Å²) in [6, 6.07) is 14.5. The summed E-state index contributed by atoms with van der Waals surface area (Å²) < 4.78 is 38.7. The molecule has 1 aromatic heterocycles. The monoisotopic (exact) mass is 522 g/mol. The van der Waals surface area contributed by atoms with Crippen molar-refractivity contribution in [3.8, 4) is 28.5 Å². The first kappa shape index (κ1) is 26.8. The van der Waals surface area contributed by atoms with Crippen molar-refractivity contribution in [2.24, 2.45) is 0 Å². The number of ether oxygens (including phenoxy) is 1. The molecule has 0 unspecified atom stereocenters. The molecular formula is C20H15N6NaO8S+2. The van der Waals surface area contributed by atoms with Crippen LogP contribution in [0.25, 0.3) is 22.8 Å². The number of aromatic nitrogens is 4. The van der Waals surface area contributed by atoms with Crippen molar-refractivity contribution in [2.45, 2.75) is 4.90 Å². The Morgan fingerprint density at radius 3 is 2.17 bits per heavy atom. The molecule has 1 N–H and O–H groups in total. The van der Waals surface area contributed by atoms with Crippen molar-refractivity contribution in [2.75, 3.05) is 7.11 Å². The number of non-ortho nitro benzene ring substituents is 2. The molecule has 0 saturated carbocycles. The topological polar surface area (TPSA) is 184 Å². The van der Waals surface area contributed by atoms with Crippen LogP contribution in [0.4, 0.5) is 11.4 Å². The normalized spacial score (nSPS) is 10.9. The zero-order chi connectivity index (χ0) is 25.3. The second-order valence-corrected chi connectivity index (χ2v) is 8.35. The predicted octanol–water partition coefficient (Wildman–Crippen LogP) is -0.713. The molecule has 0 fully saturated rings. The van der Waals surface area contributed by atoms with E-state index in [9.17, 15) is 33.2 Å². The van der Waals surface area contributed by atoms with Gasteiger partial charge in [0.2, 0.25) is 5.69 Å². The van der Waals surface area contributed by atoms with Crippen molar-refractivity contribution in [1.82, 2.24) is 15.0 Å². The summed E-state index contributed by atoms with van der Waals surface area (Å²) in [5.41, 5.74) is 0.0405. The fourth-order valence-corrected chi connectivity index (χ4v) is 3.93. The van der Waals surface area contributed by atoms with Crippen molar-refractivity contribution < 1.29 is 61.9 Å². The van der Waals surface area contributed by atoms with E-state index in [1.165, 1.54) is 83.4 Å². The van der Waals surface area contributed by atoms with E-state index in [0.29, 0.717) is 5.69 Å². The van der Waals surface area contributed by atoms with E-state index < -0.39 is 24.9 Å². The number of nitrogens with zero attached hydrogens (tertiary/aromatic N) is 6. The zero-order valence-electron chi connectivity index (χ0n) is 18.7. The van der Waals surface area contributed by atoms with Gasteiger partial charge in [-0.1, -0.05) is 12.1 Å². The summed E-state index contributed by atoms with van der Waals surface area (Å²) in [6.07, 6.45) is 0. The molecule has 0 atom stereocenters. The minimum Gasteiger partial charge on any atom is -0.492 e. The molecule has 36 heavy (non-hydrogen) atoms. The quantitative estimate of drug-likeness (QED) is 0.107. The first-order valence-corrected chi connectivity index (χ1v) is 11.1. The number of tetrazole rings is 1. The summed E-state index contributed by atoms with van der Waals surface area (Å²) in [5.74, 6) is -0.0774. The van der Waals surface area contributed by atoms with Gasteiger partial charge in [-0.15, -0.1) is 0 Å². The van der Waals surface area contributed by atoms with Crippen LogP contribution in [-0.2, 0) is 10.1 Å². The standard InChI is InChI=1S/C20H14N6O8S.Na/c1-34-18-12-15(26(29)30)10-11-17(18)24-22-20(16-4-2-3-5-19(16)35(31,32)33)21-23(24)13-6-8-14(9-7-13)25(27)28;/h2-12H,1H3;/q;+1/p+1. The van der Waals surface area contributed by atoms with E-state index in [-0.39, 0.29) is 63.8 Å². The molecule has 0 radical (unpaired) electrons. The van der Waals surface area contributed by atoms with E-state index in [4.69, 9.17) is 4.74 Å². The maximum Gasteiger partial charge on any atom is 1.00 e. The van der Waals surface area contributed by atoms with Gasteiger partial charge in [-0.05, 0) is 34.2 Å². The van der Waals surface area contributed by atoms with Crippen molar-refractivity contribution in [1.29, 1.82) is 0 Å². The van der Waals surface area contributed by atoms with E-state index in [1.807, 2.05) is 0 Å². The molecule has 14 nitrogen and oxygen atoms in total. The third kappa shape index (κ3) is 5.24. The first-order chi connectivity index (χ1) is 16.6. The summed E-state index contributed by atoms with van der Waals surface area (Å²) >= 11 is 0. The number of hydrogen-bond donors (Lipinski definition) is 1. The molecule has 178 valence electrons. The molecule has 4 aromatic rings. The molecular weight excluding hydrogens is 507 g/mol. The van der Waals surface area contributed by atoms with Gasteiger partial charge >= 0.3 is 35.4 Å². The first-order valence-electron chi connectivity index (χ1n) is 9.64. The van der Waals surface area contributed by atoms with E-state index in [2.05, 4.69) is 10.2 Å². The zero-order valence-corrected chi connectivity index (χ0v) is 21.6. The van der Waals surface area contributed by atoms with Crippen molar-refractivity contribution in [3.63, 3.8) is 0 Å². The second kappa shape index (κ2) is 10.5. The smallest absolute Gasteiger partial charge is 0.492 e. The van der Waals surface area contributed by atoms with Crippen LogP contribution in [0.2, 0.25) is 0 Å². The van der Waals surface area contributed by atoms with Crippen LogP contribution in [0.3, 0.4) is 0 Å². The van der Waals surface area contributed by atoms with Gasteiger partial charge in [0, 0.05) is 29.1 Å². The van der Waals surface area contributed by atoms with Crippen molar-refractivity contribution >= 4 is 21.5 Å². The maximum absolute atomic E-state index is 11.9. The van der Waals surface area contributed by atoms with E-state index >= 15 is 0 Å². The van der Waals surface area contributed by atoms with E-state index in [1.54, 1.807) is 0 Å². The van der Waals surface area contributed by atoms with Gasteiger partial charge in [0.15, 0.2) is 5.75 Å². The Kier molecular flexibility index (Phi) is 7.80. The molecule has 0 bridgehead atoms. The molecule has 1 heterocycles. The molecule has 0 saturated heterocycles. The van der Waals surface area contributed by atoms with Crippen LogP contribution in [0, 0.1) is 20.2 Å². The molecule has 0 aliphatic carbocycles. The van der Waals surface area contributed by atoms with Gasteiger partial charge in [0.1, 0.15) is 10.6 Å². The van der Waals surface area contributed by atoms with Crippen LogP contribution in [-0.4, -0.2) is 44.9 Å². The average Bonchev–Trinajstić information content (AvgIpc) is 3.28. The van der Waals surface area contributed by atoms with Crippen LogP contribution in [0.15, 0.2) is 71.6 Å². The molecule has 4 rings (SSSR count). The minimum absolute atomic E-state index is 0. The van der Waals surface area contributed by atoms with Gasteiger partial charge in [-0.2, -0.15) is 8.42 Å². The fraction of sp³-hybridized carbons (Fsp3) is 0.0500. The number of benzene rings is 3. The minimum atomic E-state index is -4.63. The number of hydrogen-bond acceptors (Lipinski definition) is 9. The molecule has 0 spiro atoms. The predicted molar refractivity (Wildman–Crippen MR) is 118 cm³/mol. The van der Waals surface area contributed by atoms with Gasteiger partial charge in [-0.3, -0.25) is 24.8 Å². The van der Waals surface area contributed by atoms with E-state index in [0.717, 1.165) is 0 Å². The molecule has 0 aliphatic rings. The summed E-state index contributed by atoms with van der Waals surface area (Å²) in [6.45, 7) is 0. The van der Waals surface area contributed by atoms with Gasteiger partial charge in [-0.25, -0.2) is 0 Å².